The standard InChI is InChI=1S/C16H16F3N/c1-10-3-5-11(6-4-10)7-15(20-2)16-13(18)8-12(17)9-14(16)19/h3-6,8-9,15,20H,7H2,1-2H3. The van der Waals surface area contributed by atoms with Crippen molar-refractivity contribution in [1.29, 1.82) is 0 Å². The molecule has 1 atom stereocenters. The number of hydrogen-bond donors (Lipinski definition) is 1. The van der Waals surface area contributed by atoms with Crippen molar-refractivity contribution in [3.63, 3.8) is 0 Å². The van der Waals surface area contributed by atoms with E-state index in [0.29, 0.717) is 18.6 Å². The first-order chi connectivity index (χ1) is 9.51. The monoisotopic (exact) mass is 279 g/mol. The zero-order valence-corrected chi connectivity index (χ0v) is 11.4. The van der Waals surface area contributed by atoms with E-state index in [-0.39, 0.29) is 5.56 Å². The molecule has 0 amide bonds. The summed E-state index contributed by atoms with van der Waals surface area (Å²) < 4.78 is 40.5. The van der Waals surface area contributed by atoms with Crippen LogP contribution in [0.2, 0.25) is 0 Å². The zero-order valence-electron chi connectivity index (χ0n) is 11.4. The number of benzene rings is 2. The van der Waals surface area contributed by atoms with Gasteiger partial charge in [-0.25, -0.2) is 13.2 Å². The van der Waals surface area contributed by atoms with Crippen LogP contribution < -0.4 is 5.32 Å². The number of nitrogens with one attached hydrogen (secondary N) is 1. The van der Waals surface area contributed by atoms with Gasteiger partial charge in [-0.05, 0) is 26.0 Å². The first kappa shape index (κ1) is 14.6. The van der Waals surface area contributed by atoms with E-state index in [1.165, 1.54) is 0 Å². The van der Waals surface area contributed by atoms with E-state index in [4.69, 9.17) is 0 Å². The summed E-state index contributed by atoms with van der Waals surface area (Å²) in [5.74, 6) is -2.64. The molecule has 4 heteroatoms. The van der Waals surface area contributed by atoms with Crippen molar-refractivity contribution in [2.24, 2.45) is 0 Å². The van der Waals surface area contributed by atoms with Crippen molar-refractivity contribution < 1.29 is 13.2 Å². The largest absolute Gasteiger partial charge is 0.313 e. The summed E-state index contributed by atoms with van der Waals surface area (Å²) in [5.41, 5.74) is 1.95. The van der Waals surface area contributed by atoms with Crippen LogP contribution in [0.5, 0.6) is 0 Å². The normalized spacial score (nSPS) is 12.4. The summed E-state index contributed by atoms with van der Waals surface area (Å²) >= 11 is 0. The molecule has 0 fully saturated rings. The molecule has 0 saturated heterocycles. The minimum absolute atomic E-state index is 0.130. The van der Waals surface area contributed by atoms with Crippen LogP contribution in [-0.2, 0) is 6.42 Å². The van der Waals surface area contributed by atoms with E-state index in [9.17, 15) is 13.2 Å². The number of rotatable bonds is 4. The van der Waals surface area contributed by atoms with E-state index in [0.717, 1.165) is 11.1 Å². The van der Waals surface area contributed by atoms with Gasteiger partial charge >= 0.3 is 0 Å². The SMILES string of the molecule is CNC(Cc1ccc(C)cc1)c1c(F)cc(F)cc1F. The fourth-order valence-electron chi connectivity index (χ4n) is 2.19. The van der Waals surface area contributed by atoms with Gasteiger partial charge in [0.15, 0.2) is 0 Å². The molecule has 0 aliphatic carbocycles. The van der Waals surface area contributed by atoms with E-state index in [2.05, 4.69) is 5.32 Å². The number of hydrogen-bond acceptors (Lipinski definition) is 1. The van der Waals surface area contributed by atoms with Crippen molar-refractivity contribution >= 4 is 0 Å². The third-order valence-electron chi connectivity index (χ3n) is 3.30. The Kier molecular flexibility index (Phi) is 4.45. The second kappa shape index (κ2) is 6.09. The highest BCUT2D eigenvalue weighted by molar-refractivity contribution is 5.28. The first-order valence-corrected chi connectivity index (χ1v) is 6.38. The Labute approximate surface area is 116 Å². The lowest BCUT2D eigenvalue weighted by molar-refractivity contribution is 0.475. The summed E-state index contributed by atoms with van der Waals surface area (Å²) in [6.07, 6.45) is 0.427. The average Bonchev–Trinajstić information content (AvgIpc) is 2.38. The third-order valence-corrected chi connectivity index (χ3v) is 3.30. The molecular formula is C16H16F3N. The Morgan fingerprint density at radius 1 is 1.00 bits per heavy atom. The van der Waals surface area contributed by atoms with Crippen LogP contribution in [0.1, 0.15) is 22.7 Å². The van der Waals surface area contributed by atoms with Gasteiger partial charge in [-0.3, -0.25) is 0 Å². The summed E-state index contributed by atoms with van der Waals surface area (Å²) in [4.78, 5) is 0. The molecule has 20 heavy (non-hydrogen) atoms. The minimum atomic E-state index is -0.908. The molecule has 2 rings (SSSR count). The smallest absolute Gasteiger partial charge is 0.133 e. The molecule has 1 nitrogen and oxygen atoms in total. The fourth-order valence-corrected chi connectivity index (χ4v) is 2.19. The topological polar surface area (TPSA) is 12.0 Å². The quantitative estimate of drug-likeness (QED) is 0.894. The predicted molar refractivity (Wildman–Crippen MR) is 73.0 cm³/mol. The van der Waals surface area contributed by atoms with Crippen molar-refractivity contribution in [1.82, 2.24) is 5.32 Å². The van der Waals surface area contributed by atoms with Gasteiger partial charge < -0.3 is 5.32 Å². The molecule has 0 heterocycles. The van der Waals surface area contributed by atoms with Gasteiger partial charge in [0, 0.05) is 23.7 Å². The van der Waals surface area contributed by atoms with Crippen LogP contribution in [0.15, 0.2) is 36.4 Å². The molecule has 0 aromatic heterocycles. The van der Waals surface area contributed by atoms with Gasteiger partial charge in [-0.1, -0.05) is 29.8 Å². The Morgan fingerprint density at radius 3 is 2.05 bits per heavy atom. The molecule has 0 spiro atoms. The molecule has 1 unspecified atom stereocenters. The highest BCUT2D eigenvalue weighted by Gasteiger charge is 2.20. The minimum Gasteiger partial charge on any atom is -0.313 e. The van der Waals surface area contributed by atoms with E-state index >= 15 is 0 Å². The summed E-state index contributed by atoms with van der Waals surface area (Å²) in [6.45, 7) is 1.97. The number of aryl methyl sites for hydroxylation is 1. The Balaban J connectivity index is 2.31. The lowest BCUT2D eigenvalue weighted by atomic mass is 9.97. The molecule has 0 bridgehead atoms. The maximum Gasteiger partial charge on any atom is 0.133 e. The molecule has 106 valence electrons. The van der Waals surface area contributed by atoms with Crippen LogP contribution >= 0.6 is 0 Å². The molecule has 2 aromatic carbocycles. The van der Waals surface area contributed by atoms with Crippen molar-refractivity contribution in [2.45, 2.75) is 19.4 Å². The Morgan fingerprint density at radius 2 is 1.55 bits per heavy atom. The Bertz CT molecular complexity index is 570. The van der Waals surface area contributed by atoms with Gasteiger partial charge in [-0.2, -0.15) is 0 Å². The van der Waals surface area contributed by atoms with Gasteiger partial charge in [0.1, 0.15) is 17.5 Å². The second-order valence-corrected chi connectivity index (χ2v) is 4.81. The zero-order chi connectivity index (χ0) is 14.7. The summed E-state index contributed by atoms with van der Waals surface area (Å²) in [7, 11) is 1.63. The lowest BCUT2D eigenvalue weighted by Crippen LogP contribution is -2.21. The number of halogens is 3. The van der Waals surface area contributed by atoms with Crippen molar-refractivity contribution in [2.75, 3.05) is 7.05 Å². The van der Waals surface area contributed by atoms with E-state index < -0.39 is 23.5 Å². The van der Waals surface area contributed by atoms with Gasteiger partial charge in [0.05, 0.1) is 0 Å². The average molecular weight is 279 g/mol. The van der Waals surface area contributed by atoms with Gasteiger partial charge in [-0.15, -0.1) is 0 Å². The van der Waals surface area contributed by atoms with E-state index in [1.54, 1.807) is 7.05 Å². The van der Waals surface area contributed by atoms with Crippen LogP contribution in [0.25, 0.3) is 0 Å². The van der Waals surface area contributed by atoms with E-state index in [1.807, 2.05) is 31.2 Å². The fraction of sp³-hybridized carbons (Fsp3) is 0.250. The highest BCUT2D eigenvalue weighted by Crippen LogP contribution is 2.25. The van der Waals surface area contributed by atoms with Gasteiger partial charge in [0.25, 0.3) is 0 Å². The van der Waals surface area contributed by atoms with Crippen molar-refractivity contribution in [3.8, 4) is 0 Å². The molecule has 2 aromatic rings. The maximum absolute atomic E-state index is 13.8. The van der Waals surface area contributed by atoms with Crippen LogP contribution in [-0.4, -0.2) is 7.05 Å². The van der Waals surface area contributed by atoms with Crippen LogP contribution in [0.3, 0.4) is 0 Å². The third kappa shape index (κ3) is 3.20. The predicted octanol–water partition coefficient (Wildman–Crippen LogP) is 3.92. The van der Waals surface area contributed by atoms with Crippen LogP contribution in [0, 0.1) is 24.4 Å². The highest BCUT2D eigenvalue weighted by atomic mass is 19.1. The lowest BCUT2D eigenvalue weighted by Gasteiger charge is -2.18. The van der Waals surface area contributed by atoms with Gasteiger partial charge in [0.2, 0.25) is 0 Å². The molecular weight excluding hydrogens is 263 g/mol. The molecule has 0 aliphatic rings. The Hall–Kier alpha value is -1.81. The second-order valence-electron chi connectivity index (χ2n) is 4.81. The maximum atomic E-state index is 13.8. The summed E-state index contributed by atoms with van der Waals surface area (Å²) in [6, 6.07) is 8.59. The molecule has 0 radical (unpaired) electrons. The van der Waals surface area contributed by atoms with Crippen LogP contribution in [0.4, 0.5) is 13.2 Å². The summed E-state index contributed by atoms with van der Waals surface area (Å²) in [5, 5.41) is 2.88. The first-order valence-electron chi connectivity index (χ1n) is 6.38. The number of likely N-dealkylation sites (N-methyl/N-ethyl adjacent to an activating group) is 1. The molecule has 0 aliphatic heterocycles. The van der Waals surface area contributed by atoms with Crippen molar-refractivity contribution in [3.05, 3.63) is 70.5 Å². The molecule has 0 saturated carbocycles. The molecule has 1 N–H and O–H groups in total.